The van der Waals surface area contributed by atoms with Crippen LogP contribution in [0.15, 0.2) is 24.3 Å². The SMILES string of the molecule is CC[C@@H](C)NC(=O)CN(Cc1ccccc1Cl)S(C)(=O)=O. The highest BCUT2D eigenvalue weighted by molar-refractivity contribution is 7.88. The second-order valence-corrected chi connectivity index (χ2v) is 7.39. The number of carbonyl (C=O) groups excluding carboxylic acids is 1. The van der Waals surface area contributed by atoms with Crippen molar-refractivity contribution in [2.75, 3.05) is 12.8 Å². The smallest absolute Gasteiger partial charge is 0.235 e. The molecule has 0 fully saturated rings. The summed E-state index contributed by atoms with van der Waals surface area (Å²) in [5.74, 6) is -0.318. The van der Waals surface area contributed by atoms with E-state index in [0.29, 0.717) is 10.6 Å². The fourth-order valence-corrected chi connectivity index (χ4v) is 2.61. The lowest BCUT2D eigenvalue weighted by Crippen LogP contribution is -2.42. The molecule has 0 unspecified atom stereocenters. The Morgan fingerprint density at radius 3 is 2.52 bits per heavy atom. The Morgan fingerprint density at radius 2 is 2.00 bits per heavy atom. The van der Waals surface area contributed by atoms with Crippen molar-refractivity contribution in [3.63, 3.8) is 0 Å². The van der Waals surface area contributed by atoms with Crippen molar-refractivity contribution in [1.82, 2.24) is 9.62 Å². The first kappa shape index (κ1) is 17.9. The molecule has 0 aliphatic carbocycles. The van der Waals surface area contributed by atoms with Gasteiger partial charge in [-0.25, -0.2) is 8.42 Å². The Labute approximate surface area is 131 Å². The topological polar surface area (TPSA) is 66.5 Å². The van der Waals surface area contributed by atoms with E-state index in [9.17, 15) is 13.2 Å². The summed E-state index contributed by atoms with van der Waals surface area (Å²) in [5, 5.41) is 3.23. The summed E-state index contributed by atoms with van der Waals surface area (Å²) in [5.41, 5.74) is 0.668. The van der Waals surface area contributed by atoms with Crippen LogP contribution in [0.25, 0.3) is 0 Å². The largest absolute Gasteiger partial charge is 0.353 e. The highest BCUT2D eigenvalue weighted by Gasteiger charge is 2.21. The number of amides is 1. The van der Waals surface area contributed by atoms with Gasteiger partial charge < -0.3 is 5.32 Å². The van der Waals surface area contributed by atoms with Gasteiger partial charge in [-0.1, -0.05) is 36.7 Å². The standard InChI is InChI=1S/C14H21ClN2O3S/c1-4-11(2)16-14(18)10-17(21(3,19)20)9-12-7-5-6-8-13(12)15/h5-8,11H,4,9-10H2,1-3H3,(H,16,18)/t11-/m1/s1. The van der Waals surface area contributed by atoms with Crippen molar-refractivity contribution in [2.45, 2.75) is 32.9 Å². The summed E-state index contributed by atoms with van der Waals surface area (Å²) in [4.78, 5) is 11.9. The number of hydrogen-bond donors (Lipinski definition) is 1. The number of nitrogens with zero attached hydrogens (tertiary/aromatic N) is 1. The molecular weight excluding hydrogens is 312 g/mol. The fraction of sp³-hybridized carbons (Fsp3) is 0.500. The van der Waals surface area contributed by atoms with Crippen LogP contribution in [0.4, 0.5) is 0 Å². The van der Waals surface area contributed by atoms with E-state index in [0.717, 1.165) is 17.0 Å². The molecule has 1 N–H and O–H groups in total. The van der Waals surface area contributed by atoms with Crippen molar-refractivity contribution in [3.8, 4) is 0 Å². The molecule has 1 aromatic rings. The Kier molecular flexibility index (Phi) is 6.64. The van der Waals surface area contributed by atoms with Crippen molar-refractivity contribution in [2.24, 2.45) is 0 Å². The third kappa shape index (κ3) is 6.03. The molecule has 7 heteroatoms. The van der Waals surface area contributed by atoms with Crippen LogP contribution in [-0.4, -0.2) is 37.5 Å². The van der Waals surface area contributed by atoms with E-state index in [1.807, 2.05) is 13.8 Å². The van der Waals surface area contributed by atoms with Crippen molar-refractivity contribution in [3.05, 3.63) is 34.9 Å². The minimum absolute atomic E-state index is 0.0132. The van der Waals surface area contributed by atoms with Crippen LogP contribution in [0.2, 0.25) is 5.02 Å². The maximum atomic E-state index is 11.9. The normalized spacial score (nSPS) is 13.2. The molecule has 1 amide bonds. The van der Waals surface area contributed by atoms with E-state index < -0.39 is 10.0 Å². The van der Waals surface area contributed by atoms with Crippen LogP contribution >= 0.6 is 11.6 Å². The molecule has 5 nitrogen and oxygen atoms in total. The van der Waals surface area contributed by atoms with Gasteiger partial charge in [-0.3, -0.25) is 4.79 Å². The van der Waals surface area contributed by atoms with Gasteiger partial charge in [-0.2, -0.15) is 4.31 Å². The third-order valence-electron chi connectivity index (χ3n) is 3.11. The average Bonchev–Trinajstić information content (AvgIpc) is 2.39. The van der Waals surface area contributed by atoms with Crippen LogP contribution in [0.1, 0.15) is 25.8 Å². The minimum Gasteiger partial charge on any atom is -0.353 e. The van der Waals surface area contributed by atoms with E-state index in [4.69, 9.17) is 11.6 Å². The molecule has 0 bridgehead atoms. The first-order valence-electron chi connectivity index (χ1n) is 6.72. The van der Waals surface area contributed by atoms with Gasteiger partial charge in [-0.15, -0.1) is 0 Å². The Bertz CT molecular complexity index is 590. The Hall–Kier alpha value is -1.11. The van der Waals surface area contributed by atoms with Gasteiger partial charge in [0.2, 0.25) is 15.9 Å². The second kappa shape index (κ2) is 7.77. The number of halogens is 1. The lowest BCUT2D eigenvalue weighted by Gasteiger charge is -2.21. The fourth-order valence-electron chi connectivity index (χ4n) is 1.69. The third-order valence-corrected chi connectivity index (χ3v) is 4.68. The van der Waals surface area contributed by atoms with Gasteiger partial charge >= 0.3 is 0 Å². The zero-order chi connectivity index (χ0) is 16.0. The molecule has 0 heterocycles. The van der Waals surface area contributed by atoms with E-state index in [2.05, 4.69) is 5.32 Å². The second-order valence-electron chi connectivity index (χ2n) is 5.00. The van der Waals surface area contributed by atoms with Crippen LogP contribution in [0.3, 0.4) is 0 Å². The lowest BCUT2D eigenvalue weighted by molar-refractivity contribution is -0.122. The quantitative estimate of drug-likeness (QED) is 0.830. The first-order chi connectivity index (χ1) is 9.74. The molecule has 21 heavy (non-hydrogen) atoms. The van der Waals surface area contributed by atoms with Crippen LogP contribution in [-0.2, 0) is 21.4 Å². The maximum Gasteiger partial charge on any atom is 0.235 e. The molecule has 1 aromatic carbocycles. The van der Waals surface area contributed by atoms with Crippen molar-refractivity contribution < 1.29 is 13.2 Å². The van der Waals surface area contributed by atoms with Gasteiger partial charge in [0.05, 0.1) is 12.8 Å². The number of hydrogen-bond acceptors (Lipinski definition) is 3. The van der Waals surface area contributed by atoms with Gasteiger partial charge in [-0.05, 0) is 25.0 Å². The number of benzene rings is 1. The highest BCUT2D eigenvalue weighted by atomic mass is 35.5. The summed E-state index contributed by atoms with van der Waals surface area (Å²) >= 11 is 6.04. The van der Waals surface area contributed by atoms with Gasteiger partial charge in [0.1, 0.15) is 0 Å². The predicted octanol–water partition coefficient (Wildman–Crippen LogP) is 2.02. The van der Waals surface area contributed by atoms with Crippen molar-refractivity contribution in [1.29, 1.82) is 0 Å². The number of sulfonamides is 1. The molecule has 1 rings (SSSR count). The molecular formula is C14H21ClN2O3S. The van der Waals surface area contributed by atoms with Crippen molar-refractivity contribution >= 4 is 27.5 Å². The number of rotatable bonds is 7. The maximum absolute atomic E-state index is 11.9. The first-order valence-corrected chi connectivity index (χ1v) is 8.94. The summed E-state index contributed by atoms with van der Waals surface area (Å²) in [6.45, 7) is 3.68. The monoisotopic (exact) mass is 332 g/mol. The van der Waals surface area contributed by atoms with Crippen LogP contribution < -0.4 is 5.32 Å². The van der Waals surface area contributed by atoms with Gasteiger partial charge in [0.15, 0.2) is 0 Å². The summed E-state index contributed by atoms with van der Waals surface area (Å²) < 4.78 is 24.8. The number of carbonyl (C=O) groups is 1. The lowest BCUT2D eigenvalue weighted by atomic mass is 10.2. The summed E-state index contributed by atoms with van der Waals surface area (Å²) in [7, 11) is -3.50. The average molecular weight is 333 g/mol. The highest BCUT2D eigenvalue weighted by Crippen LogP contribution is 2.18. The molecule has 0 spiro atoms. The molecule has 0 aromatic heterocycles. The van der Waals surface area contributed by atoms with Crippen LogP contribution in [0.5, 0.6) is 0 Å². The van der Waals surface area contributed by atoms with Crippen LogP contribution in [0, 0.1) is 0 Å². The zero-order valence-corrected chi connectivity index (χ0v) is 14.0. The summed E-state index contributed by atoms with van der Waals surface area (Å²) in [6.07, 6.45) is 1.87. The zero-order valence-electron chi connectivity index (χ0n) is 12.5. The minimum atomic E-state index is -3.50. The van der Waals surface area contributed by atoms with E-state index in [1.54, 1.807) is 24.3 Å². The molecule has 0 saturated heterocycles. The van der Waals surface area contributed by atoms with E-state index in [-0.39, 0.29) is 25.0 Å². The van der Waals surface area contributed by atoms with Gasteiger partial charge in [0.25, 0.3) is 0 Å². The van der Waals surface area contributed by atoms with Gasteiger partial charge in [0, 0.05) is 17.6 Å². The molecule has 0 aliphatic rings. The molecule has 0 radical (unpaired) electrons. The van der Waals surface area contributed by atoms with E-state index >= 15 is 0 Å². The Morgan fingerprint density at radius 1 is 1.38 bits per heavy atom. The predicted molar refractivity (Wildman–Crippen MR) is 84.6 cm³/mol. The summed E-state index contributed by atoms with van der Waals surface area (Å²) in [6, 6.07) is 7.00. The molecule has 1 atom stereocenters. The van der Waals surface area contributed by atoms with E-state index in [1.165, 1.54) is 0 Å². The molecule has 118 valence electrons. The molecule has 0 aliphatic heterocycles. The number of nitrogens with one attached hydrogen (secondary N) is 1. The molecule has 0 saturated carbocycles. The Balaban J connectivity index is 2.83.